The first-order valence-corrected chi connectivity index (χ1v) is 11.7. The fourth-order valence-electron chi connectivity index (χ4n) is 4.47. The molecule has 7 nitrogen and oxygen atoms in total. The van der Waals surface area contributed by atoms with E-state index in [4.69, 9.17) is 9.84 Å². The molecule has 1 unspecified atom stereocenters. The van der Waals surface area contributed by atoms with Crippen LogP contribution in [0.1, 0.15) is 36.0 Å². The van der Waals surface area contributed by atoms with E-state index >= 15 is 0 Å². The van der Waals surface area contributed by atoms with E-state index in [1.165, 1.54) is 0 Å². The van der Waals surface area contributed by atoms with Crippen molar-refractivity contribution in [2.45, 2.75) is 25.7 Å². The van der Waals surface area contributed by atoms with Crippen molar-refractivity contribution in [2.24, 2.45) is 5.92 Å². The molecule has 180 valence electrons. The Morgan fingerprint density at radius 1 is 0.914 bits per heavy atom. The Morgan fingerprint density at radius 2 is 1.51 bits per heavy atom. The summed E-state index contributed by atoms with van der Waals surface area (Å²) in [5.74, 6) is -1.79. The maximum Gasteiger partial charge on any atom is 0.407 e. The number of carboxylic acids is 1. The first-order valence-electron chi connectivity index (χ1n) is 11.7. The lowest BCUT2D eigenvalue weighted by atomic mass is 9.98. The molecule has 0 bridgehead atoms. The number of rotatable bonds is 9. The van der Waals surface area contributed by atoms with Crippen molar-refractivity contribution in [2.75, 3.05) is 18.5 Å². The van der Waals surface area contributed by atoms with Crippen LogP contribution in [0.15, 0.2) is 72.8 Å². The van der Waals surface area contributed by atoms with E-state index in [0.717, 1.165) is 22.3 Å². The van der Waals surface area contributed by atoms with Gasteiger partial charge in [0.05, 0.1) is 12.3 Å². The van der Waals surface area contributed by atoms with Crippen molar-refractivity contribution in [3.63, 3.8) is 0 Å². The molecule has 1 atom stereocenters. The lowest BCUT2D eigenvalue weighted by molar-refractivity contribution is -0.136. The predicted octanol–water partition coefficient (Wildman–Crippen LogP) is 4.82. The van der Waals surface area contributed by atoms with Gasteiger partial charge in [-0.25, -0.2) is 4.79 Å². The van der Waals surface area contributed by atoms with Crippen LogP contribution in [0.3, 0.4) is 0 Å². The summed E-state index contributed by atoms with van der Waals surface area (Å²) in [4.78, 5) is 36.3. The SMILES string of the molecule is CCC(CNC(=O)OCC1c2ccccc2-c2ccccc21)C(=O)Nc1ccccc1CC(=O)O. The summed E-state index contributed by atoms with van der Waals surface area (Å²) in [7, 11) is 0. The smallest absolute Gasteiger partial charge is 0.407 e. The number of anilines is 1. The Labute approximate surface area is 204 Å². The average molecular weight is 473 g/mol. The standard InChI is InChI=1S/C28H28N2O5/c1-2-18(27(33)30-25-14-8-3-9-19(25)15-26(31)32)16-29-28(34)35-17-24-22-12-6-4-10-20(22)21-11-5-7-13-23(21)24/h3-14,18,24H,2,15-17H2,1H3,(H,29,34)(H,30,33)(H,31,32). The molecule has 0 heterocycles. The highest BCUT2D eigenvalue weighted by atomic mass is 16.5. The number of carbonyl (C=O) groups is 3. The number of benzene rings is 3. The van der Waals surface area contributed by atoms with Gasteiger partial charge in [0.25, 0.3) is 0 Å². The molecule has 3 N–H and O–H groups in total. The number of carbonyl (C=O) groups excluding carboxylic acids is 2. The van der Waals surface area contributed by atoms with Crippen molar-refractivity contribution in [1.29, 1.82) is 0 Å². The van der Waals surface area contributed by atoms with E-state index < -0.39 is 18.0 Å². The van der Waals surface area contributed by atoms with E-state index in [1.807, 2.05) is 31.2 Å². The lowest BCUT2D eigenvalue weighted by Crippen LogP contribution is -2.36. The largest absolute Gasteiger partial charge is 0.481 e. The van der Waals surface area contributed by atoms with Crippen LogP contribution in [0.25, 0.3) is 11.1 Å². The minimum atomic E-state index is -0.976. The Hall–Kier alpha value is -4.13. The van der Waals surface area contributed by atoms with Crippen LogP contribution in [0.4, 0.5) is 10.5 Å². The topological polar surface area (TPSA) is 105 Å². The molecule has 0 saturated heterocycles. The summed E-state index contributed by atoms with van der Waals surface area (Å²) in [5.41, 5.74) is 5.55. The molecule has 7 heteroatoms. The zero-order valence-electron chi connectivity index (χ0n) is 19.5. The Morgan fingerprint density at radius 3 is 2.14 bits per heavy atom. The molecule has 0 aliphatic heterocycles. The highest BCUT2D eigenvalue weighted by molar-refractivity contribution is 5.94. The third kappa shape index (κ3) is 5.51. The Balaban J connectivity index is 1.33. The number of hydrogen-bond donors (Lipinski definition) is 3. The van der Waals surface area contributed by atoms with Crippen LogP contribution in [0.2, 0.25) is 0 Å². The molecule has 4 rings (SSSR count). The van der Waals surface area contributed by atoms with E-state index in [2.05, 4.69) is 34.9 Å². The number of nitrogens with one attached hydrogen (secondary N) is 2. The van der Waals surface area contributed by atoms with Gasteiger partial charge in [0.2, 0.25) is 5.91 Å². The summed E-state index contributed by atoms with van der Waals surface area (Å²) in [5, 5.41) is 14.6. The second-order valence-corrected chi connectivity index (χ2v) is 8.53. The number of alkyl carbamates (subject to hydrolysis) is 1. The van der Waals surface area contributed by atoms with Crippen LogP contribution in [-0.2, 0) is 20.7 Å². The fourth-order valence-corrected chi connectivity index (χ4v) is 4.47. The van der Waals surface area contributed by atoms with Gasteiger partial charge in [-0.2, -0.15) is 0 Å². The fraction of sp³-hybridized carbons (Fsp3) is 0.250. The normalized spacial score (nSPS) is 12.8. The Bertz CT molecular complexity index is 1190. The molecule has 35 heavy (non-hydrogen) atoms. The van der Waals surface area contributed by atoms with Gasteiger partial charge in [0, 0.05) is 18.2 Å². The number of ether oxygens (including phenoxy) is 1. The van der Waals surface area contributed by atoms with Crippen molar-refractivity contribution in [3.8, 4) is 11.1 Å². The molecule has 0 radical (unpaired) electrons. The number of carboxylic acid groups (broad SMARTS) is 1. The highest BCUT2D eigenvalue weighted by Gasteiger charge is 2.29. The molecule has 2 amide bonds. The van der Waals surface area contributed by atoms with E-state index in [9.17, 15) is 14.4 Å². The summed E-state index contributed by atoms with van der Waals surface area (Å²) in [6.07, 6.45) is -0.272. The number of aliphatic carboxylic acids is 1. The first-order chi connectivity index (χ1) is 17.0. The quantitative estimate of drug-likeness (QED) is 0.414. The zero-order valence-corrected chi connectivity index (χ0v) is 19.5. The van der Waals surface area contributed by atoms with Gasteiger partial charge in [-0.1, -0.05) is 73.7 Å². The van der Waals surface area contributed by atoms with E-state index in [1.54, 1.807) is 24.3 Å². The van der Waals surface area contributed by atoms with Crippen molar-refractivity contribution in [1.82, 2.24) is 5.32 Å². The van der Waals surface area contributed by atoms with Crippen molar-refractivity contribution in [3.05, 3.63) is 89.5 Å². The predicted molar refractivity (Wildman–Crippen MR) is 133 cm³/mol. The molecular weight excluding hydrogens is 444 g/mol. The summed E-state index contributed by atoms with van der Waals surface area (Å²) < 4.78 is 5.55. The zero-order chi connectivity index (χ0) is 24.8. The molecule has 3 aromatic carbocycles. The summed E-state index contributed by atoms with van der Waals surface area (Å²) in [6, 6.07) is 23.0. The van der Waals surface area contributed by atoms with Gasteiger partial charge >= 0.3 is 12.1 Å². The van der Waals surface area contributed by atoms with Crippen LogP contribution in [-0.4, -0.2) is 36.2 Å². The first kappa shape index (κ1) is 24.0. The van der Waals surface area contributed by atoms with E-state index in [-0.39, 0.29) is 31.4 Å². The molecule has 3 aromatic rings. The summed E-state index contributed by atoms with van der Waals surface area (Å²) in [6.45, 7) is 2.17. The number of amides is 2. The molecule has 1 aliphatic carbocycles. The van der Waals surface area contributed by atoms with Crippen molar-refractivity contribution >= 4 is 23.7 Å². The maximum atomic E-state index is 12.8. The molecule has 1 aliphatic rings. The average Bonchev–Trinajstić information content (AvgIpc) is 3.18. The van der Waals surface area contributed by atoms with Crippen LogP contribution in [0, 0.1) is 5.92 Å². The second-order valence-electron chi connectivity index (χ2n) is 8.53. The maximum absolute atomic E-state index is 12.8. The summed E-state index contributed by atoms with van der Waals surface area (Å²) >= 11 is 0. The van der Waals surface area contributed by atoms with Gasteiger partial charge in [0.15, 0.2) is 0 Å². The third-order valence-electron chi connectivity index (χ3n) is 6.32. The van der Waals surface area contributed by atoms with Gasteiger partial charge in [-0.3, -0.25) is 9.59 Å². The molecular formula is C28H28N2O5. The highest BCUT2D eigenvalue weighted by Crippen LogP contribution is 2.44. The Kier molecular flexibility index (Phi) is 7.45. The minimum Gasteiger partial charge on any atom is -0.481 e. The van der Waals surface area contributed by atoms with Gasteiger partial charge in [-0.05, 0) is 40.3 Å². The minimum absolute atomic E-state index is 0.0378. The van der Waals surface area contributed by atoms with Gasteiger partial charge in [-0.15, -0.1) is 0 Å². The lowest BCUT2D eigenvalue weighted by Gasteiger charge is -2.18. The number of para-hydroxylation sites is 1. The van der Waals surface area contributed by atoms with Crippen LogP contribution >= 0.6 is 0 Å². The van der Waals surface area contributed by atoms with Crippen LogP contribution < -0.4 is 10.6 Å². The second kappa shape index (κ2) is 10.9. The molecule has 0 fully saturated rings. The third-order valence-corrected chi connectivity index (χ3v) is 6.32. The molecule has 0 aromatic heterocycles. The molecule has 0 spiro atoms. The van der Waals surface area contributed by atoms with Crippen LogP contribution in [0.5, 0.6) is 0 Å². The van der Waals surface area contributed by atoms with Gasteiger partial charge < -0.3 is 20.5 Å². The molecule has 0 saturated carbocycles. The van der Waals surface area contributed by atoms with Gasteiger partial charge in [0.1, 0.15) is 6.61 Å². The number of fused-ring (bicyclic) bond motifs is 3. The van der Waals surface area contributed by atoms with E-state index in [0.29, 0.717) is 17.7 Å². The number of hydrogen-bond acceptors (Lipinski definition) is 4. The van der Waals surface area contributed by atoms with Crippen molar-refractivity contribution < 1.29 is 24.2 Å². The monoisotopic (exact) mass is 472 g/mol.